The van der Waals surface area contributed by atoms with Crippen molar-refractivity contribution in [2.75, 3.05) is 0 Å². The fourth-order valence-electron chi connectivity index (χ4n) is 0.908. The van der Waals surface area contributed by atoms with Gasteiger partial charge in [-0.1, -0.05) is 13.8 Å². The van der Waals surface area contributed by atoms with Crippen LogP contribution in [0.25, 0.3) is 0 Å². The topological polar surface area (TPSA) is 77.8 Å². The Kier molecular flexibility index (Phi) is 3.02. The largest absolute Gasteiger partial charge is 0.479 e. The van der Waals surface area contributed by atoms with E-state index in [-0.39, 0.29) is 0 Å². The molecule has 0 aliphatic carbocycles. The third-order valence-corrected chi connectivity index (χ3v) is 1.86. The van der Waals surface area contributed by atoms with Crippen molar-refractivity contribution in [3.05, 3.63) is 0 Å². The molecule has 0 saturated carbocycles. The third kappa shape index (κ3) is 1.70. The maximum absolute atomic E-state index is 10.5. The molecule has 0 aromatic rings. The van der Waals surface area contributed by atoms with Crippen molar-refractivity contribution in [1.82, 2.24) is 0 Å². The Bertz CT molecular complexity index is 143. The van der Waals surface area contributed by atoms with Gasteiger partial charge in [-0.2, -0.15) is 0 Å². The Morgan fingerprint density at radius 2 is 1.73 bits per heavy atom. The predicted molar refractivity (Wildman–Crippen MR) is 39.1 cm³/mol. The molecule has 0 bridgehead atoms. The summed E-state index contributed by atoms with van der Waals surface area (Å²) in [6.07, 6.45) is -1.26. The van der Waals surface area contributed by atoms with Crippen LogP contribution < -0.4 is 0 Å². The zero-order chi connectivity index (χ0) is 9.23. The molecule has 4 nitrogen and oxygen atoms in total. The predicted octanol–water partition coefficient (Wildman–Crippen LogP) is -0.161. The summed E-state index contributed by atoms with van der Waals surface area (Å²) in [6, 6.07) is 0. The molecule has 2 unspecified atom stereocenters. The van der Waals surface area contributed by atoms with Crippen molar-refractivity contribution in [3.8, 4) is 0 Å². The van der Waals surface area contributed by atoms with E-state index in [4.69, 9.17) is 10.2 Å². The van der Waals surface area contributed by atoms with Crippen molar-refractivity contribution in [2.45, 2.75) is 32.5 Å². The average molecular weight is 162 g/mol. The molecule has 0 rings (SSSR count). The number of aliphatic carboxylic acids is 1. The molecule has 0 spiro atoms. The van der Waals surface area contributed by atoms with Crippen molar-refractivity contribution < 1.29 is 20.1 Å². The van der Waals surface area contributed by atoms with Gasteiger partial charge in [0.15, 0.2) is 5.60 Å². The fraction of sp³-hybridized carbons (Fsp3) is 0.857. The lowest BCUT2D eigenvalue weighted by molar-refractivity contribution is -0.177. The molecule has 0 aromatic carbocycles. The Labute approximate surface area is 65.5 Å². The molecule has 0 aliphatic rings. The Morgan fingerprint density at radius 3 is 1.73 bits per heavy atom. The lowest BCUT2D eigenvalue weighted by Gasteiger charge is -2.29. The molecule has 0 saturated heterocycles. The van der Waals surface area contributed by atoms with Crippen molar-refractivity contribution >= 4 is 5.97 Å². The monoisotopic (exact) mass is 162 g/mol. The van der Waals surface area contributed by atoms with E-state index in [2.05, 4.69) is 0 Å². The van der Waals surface area contributed by atoms with Gasteiger partial charge in [0.2, 0.25) is 0 Å². The minimum Gasteiger partial charge on any atom is -0.479 e. The quantitative estimate of drug-likeness (QED) is 0.538. The lowest BCUT2D eigenvalue weighted by atomic mass is 9.86. The summed E-state index contributed by atoms with van der Waals surface area (Å²) in [4.78, 5) is 10.5. The summed E-state index contributed by atoms with van der Waals surface area (Å²) in [5.41, 5.74) is -2.03. The number of rotatable bonds is 3. The van der Waals surface area contributed by atoms with Gasteiger partial charge < -0.3 is 15.3 Å². The summed E-state index contributed by atoms with van der Waals surface area (Å²) >= 11 is 0. The summed E-state index contributed by atoms with van der Waals surface area (Å²) < 4.78 is 0. The van der Waals surface area contributed by atoms with Gasteiger partial charge in [-0.15, -0.1) is 0 Å². The van der Waals surface area contributed by atoms with Crippen LogP contribution in [-0.2, 0) is 4.79 Å². The molecular formula is C7H14O4. The van der Waals surface area contributed by atoms with Gasteiger partial charge >= 0.3 is 5.97 Å². The van der Waals surface area contributed by atoms with E-state index in [0.29, 0.717) is 0 Å². The Morgan fingerprint density at radius 1 is 1.36 bits per heavy atom. The minimum atomic E-state index is -2.03. The highest BCUT2D eigenvalue weighted by molar-refractivity contribution is 5.78. The van der Waals surface area contributed by atoms with Crippen molar-refractivity contribution in [1.29, 1.82) is 0 Å². The zero-order valence-electron chi connectivity index (χ0n) is 6.90. The van der Waals surface area contributed by atoms with Gasteiger partial charge in [0, 0.05) is 0 Å². The molecule has 0 aromatic heterocycles. The number of carboxylic acid groups (broad SMARTS) is 1. The van der Waals surface area contributed by atoms with Crippen molar-refractivity contribution in [3.63, 3.8) is 0 Å². The molecule has 2 atom stereocenters. The van der Waals surface area contributed by atoms with E-state index >= 15 is 0 Å². The Balaban J connectivity index is 4.67. The summed E-state index contributed by atoms with van der Waals surface area (Å²) in [7, 11) is 0. The van der Waals surface area contributed by atoms with Crippen LogP contribution in [0.15, 0.2) is 0 Å². The molecule has 0 fully saturated rings. The van der Waals surface area contributed by atoms with Crippen LogP contribution in [0.5, 0.6) is 0 Å². The second-order valence-corrected chi connectivity index (χ2v) is 2.96. The van der Waals surface area contributed by atoms with Crippen LogP contribution in [0.2, 0.25) is 0 Å². The van der Waals surface area contributed by atoms with Gasteiger partial charge in [0.25, 0.3) is 0 Å². The van der Waals surface area contributed by atoms with Crippen LogP contribution in [-0.4, -0.2) is 33.0 Å². The van der Waals surface area contributed by atoms with Gasteiger partial charge in [0.1, 0.15) is 0 Å². The smallest absolute Gasteiger partial charge is 0.338 e. The summed E-state index contributed by atoms with van der Waals surface area (Å²) in [6.45, 7) is 4.34. The molecule has 0 aliphatic heterocycles. The second-order valence-electron chi connectivity index (χ2n) is 2.96. The second kappa shape index (κ2) is 3.19. The first-order valence-electron chi connectivity index (χ1n) is 3.47. The maximum atomic E-state index is 10.5. The highest BCUT2D eigenvalue weighted by Gasteiger charge is 2.44. The van der Waals surface area contributed by atoms with Crippen LogP contribution in [0.4, 0.5) is 0 Å². The SMILES string of the molecule is CC(C)C(O)(C(=O)O)C(C)O. The molecular weight excluding hydrogens is 148 g/mol. The van der Waals surface area contributed by atoms with Crippen LogP contribution >= 0.6 is 0 Å². The first kappa shape index (κ1) is 10.4. The fourth-order valence-corrected chi connectivity index (χ4v) is 0.908. The Hall–Kier alpha value is -0.610. The number of hydrogen-bond acceptors (Lipinski definition) is 3. The van der Waals surface area contributed by atoms with Crippen LogP contribution in [0.3, 0.4) is 0 Å². The van der Waals surface area contributed by atoms with Gasteiger partial charge in [-0.25, -0.2) is 4.79 Å². The summed E-state index contributed by atoms with van der Waals surface area (Å²) in [5.74, 6) is -1.90. The van der Waals surface area contributed by atoms with E-state index in [1.54, 1.807) is 13.8 Å². The van der Waals surface area contributed by atoms with Crippen LogP contribution in [0, 0.1) is 5.92 Å². The van der Waals surface area contributed by atoms with Crippen molar-refractivity contribution in [2.24, 2.45) is 5.92 Å². The molecule has 11 heavy (non-hydrogen) atoms. The van der Waals surface area contributed by atoms with E-state index < -0.39 is 23.6 Å². The number of carbonyl (C=O) groups is 1. The minimum absolute atomic E-state index is 0.514. The van der Waals surface area contributed by atoms with Crippen LogP contribution in [0.1, 0.15) is 20.8 Å². The molecule has 66 valence electrons. The molecule has 3 N–H and O–H groups in total. The highest BCUT2D eigenvalue weighted by atomic mass is 16.4. The maximum Gasteiger partial charge on any atom is 0.338 e. The molecule has 0 radical (unpaired) electrons. The van der Waals surface area contributed by atoms with Gasteiger partial charge in [-0.05, 0) is 12.8 Å². The number of aliphatic hydroxyl groups is 2. The van der Waals surface area contributed by atoms with E-state index in [0.717, 1.165) is 0 Å². The molecule has 0 heterocycles. The molecule has 0 amide bonds. The highest BCUT2D eigenvalue weighted by Crippen LogP contribution is 2.21. The number of hydrogen-bond donors (Lipinski definition) is 3. The number of carboxylic acids is 1. The van der Waals surface area contributed by atoms with E-state index in [1.165, 1.54) is 6.92 Å². The average Bonchev–Trinajstić information content (AvgIpc) is 1.84. The van der Waals surface area contributed by atoms with E-state index in [9.17, 15) is 9.90 Å². The normalized spacial score (nSPS) is 19.5. The first-order valence-corrected chi connectivity index (χ1v) is 3.47. The third-order valence-electron chi connectivity index (χ3n) is 1.86. The lowest BCUT2D eigenvalue weighted by Crippen LogP contribution is -2.52. The summed E-state index contributed by atoms with van der Waals surface area (Å²) in [5, 5.41) is 26.9. The van der Waals surface area contributed by atoms with E-state index in [1.807, 2.05) is 0 Å². The standard InChI is InChI=1S/C7H14O4/c1-4(2)7(11,5(3)8)6(9)10/h4-5,8,11H,1-3H3,(H,9,10). The number of aliphatic hydroxyl groups excluding tert-OH is 1. The zero-order valence-corrected chi connectivity index (χ0v) is 6.90. The van der Waals surface area contributed by atoms with Gasteiger partial charge in [0.05, 0.1) is 6.10 Å². The van der Waals surface area contributed by atoms with Gasteiger partial charge in [-0.3, -0.25) is 0 Å². The first-order chi connectivity index (χ1) is 4.83. The molecule has 4 heteroatoms.